The first kappa shape index (κ1) is 13.2. The van der Waals surface area contributed by atoms with Crippen molar-refractivity contribution in [3.63, 3.8) is 0 Å². The monoisotopic (exact) mass is 243 g/mol. The maximum atomic E-state index is 5.65. The van der Waals surface area contributed by atoms with Crippen LogP contribution >= 0.6 is 11.6 Å². The van der Waals surface area contributed by atoms with E-state index in [1.54, 1.807) is 13.2 Å². The second-order valence-electron chi connectivity index (χ2n) is 4.50. The van der Waals surface area contributed by atoms with Crippen molar-refractivity contribution in [3.05, 3.63) is 17.3 Å². The van der Waals surface area contributed by atoms with Crippen molar-refractivity contribution in [2.45, 2.75) is 20.3 Å². The van der Waals surface area contributed by atoms with Gasteiger partial charge in [0.2, 0.25) is 0 Å². The van der Waals surface area contributed by atoms with Crippen molar-refractivity contribution >= 4 is 17.4 Å². The van der Waals surface area contributed by atoms with Gasteiger partial charge < -0.3 is 10.1 Å². The fourth-order valence-electron chi connectivity index (χ4n) is 1.21. The van der Waals surface area contributed by atoms with Crippen molar-refractivity contribution in [1.82, 2.24) is 10.2 Å². The first-order valence-corrected chi connectivity index (χ1v) is 5.63. The van der Waals surface area contributed by atoms with Gasteiger partial charge in [-0.25, -0.2) is 0 Å². The number of hydrogen-bond donors (Lipinski definition) is 1. The van der Waals surface area contributed by atoms with Crippen molar-refractivity contribution < 1.29 is 4.74 Å². The lowest BCUT2D eigenvalue weighted by Crippen LogP contribution is -2.25. The minimum atomic E-state index is 0.164. The molecule has 0 unspecified atom stereocenters. The van der Waals surface area contributed by atoms with E-state index in [9.17, 15) is 0 Å². The lowest BCUT2D eigenvalue weighted by Gasteiger charge is -2.24. The number of hydrogen-bond acceptors (Lipinski definition) is 4. The summed E-state index contributed by atoms with van der Waals surface area (Å²) >= 11 is 5.65. The molecule has 1 heterocycles. The summed E-state index contributed by atoms with van der Waals surface area (Å²) in [6.07, 6.45) is 0.998. The summed E-state index contributed by atoms with van der Waals surface area (Å²) in [6.45, 7) is 5.96. The molecule has 1 N–H and O–H groups in total. The summed E-state index contributed by atoms with van der Waals surface area (Å²) in [6, 6.07) is 3.54. The Morgan fingerprint density at radius 2 is 2.12 bits per heavy atom. The number of rotatable bonds is 6. The second-order valence-corrected chi connectivity index (χ2v) is 4.89. The molecule has 1 aromatic rings. The molecule has 0 aromatic carbocycles. The number of ether oxygens (including phenoxy) is 1. The van der Waals surface area contributed by atoms with Crippen LogP contribution in [0.5, 0.6) is 0 Å². The molecule has 0 saturated carbocycles. The molecule has 0 aliphatic heterocycles. The highest BCUT2D eigenvalue weighted by molar-refractivity contribution is 6.29. The van der Waals surface area contributed by atoms with Crippen molar-refractivity contribution in [3.8, 4) is 0 Å². The molecule has 1 rings (SSSR count). The Labute approximate surface area is 101 Å². The number of halogens is 1. The van der Waals surface area contributed by atoms with E-state index in [-0.39, 0.29) is 5.41 Å². The minimum absolute atomic E-state index is 0.164. The Morgan fingerprint density at radius 3 is 2.69 bits per heavy atom. The summed E-state index contributed by atoms with van der Waals surface area (Å²) in [4.78, 5) is 0. The Morgan fingerprint density at radius 1 is 1.38 bits per heavy atom. The third-order valence-electron chi connectivity index (χ3n) is 2.36. The van der Waals surface area contributed by atoms with Crippen LogP contribution in [0.15, 0.2) is 12.1 Å². The minimum Gasteiger partial charge on any atom is -0.385 e. The predicted octanol–water partition coefficient (Wildman–Crippen LogP) is 2.60. The molecule has 0 aliphatic rings. The van der Waals surface area contributed by atoms with Crippen LogP contribution in [0.25, 0.3) is 0 Å². The molecule has 16 heavy (non-hydrogen) atoms. The highest BCUT2D eigenvalue weighted by Crippen LogP contribution is 2.20. The van der Waals surface area contributed by atoms with E-state index in [2.05, 4.69) is 29.4 Å². The standard InChI is InChI=1S/C11H18ClN3O/c1-11(2,6-7-16-3)8-13-10-5-4-9(12)14-15-10/h4-5H,6-8H2,1-3H3,(H,13,15). The van der Waals surface area contributed by atoms with Gasteiger partial charge in [-0.3, -0.25) is 0 Å². The van der Waals surface area contributed by atoms with E-state index < -0.39 is 0 Å². The largest absolute Gasteiger partial charge is 0.385 e. The third kappa shape index (κ3) is 4.77. The Bertz CT molecular complexity index is 314. The number of nitrogens with zero attached hydrogens (tertiary/aromatic N) is 2. The van der Waals surface area contributed by atoms with E-state index in [0.29, 0.717) is 5.15 Å². The molecule has 0 amide bonds. The van der Waals surface area contributed by atoms with Gasteiger partial charge in [0, 0.05) is 20.3 Å². The van der Waals surface area contributed by atoms with E-state index in [0.717, 1.165) is 25.4 Å². The van der Waals surface area contributed by atoms with Crippen LogP contribution in [0, 0.1) is 5.41 Å². The van der Waals surface area contributed by atoms with Gasteiger partial charge in [0.25, 0.3) is 0 Å². The second kappa shape index (κ2) is 6.01. The van der Waals surface area contributed by atoms with E-state index >= 15 is 0 Å². The zero-order chi connectivity index (χ0) is 12.0. The topological polar surface area (TPSA) is 47.0 Å². The first-order chi connectivity index (χ1) is 7.53. The van der Waals surface area contributed by atoms with Gasteiger partial charge in [-0.15, -0.1) is 10.2 Å². The van der Waals surface area contributed by atoms with Crippen LogP contribution in [0.1, 0.15) is 20.3 Å². The van der Waals surface area contributed by atoms with Crippen LogP contribution in [0.4, 0.5) is 5.82 Å². The summed E-state index contributed by atoms with van der Waals surface area (Å²) < 4.78 is 5.07. The smallest absolute Gasteiger partial charge is 0.151 e. The number of nitrogens with one attached hydrogen (secondary N) is 1. The molecule has 0 spiro atoms. The van der Waals surface area contributed by atoms with Crippen LogP contribution in [-0.2, 0) is 4.74 Å². The molecule has 0 saturated heterocycles. The average Bonchev–Trinajstić information content (AvgIpc) is 2.26. The molecule has 0 bridgehead atoms. The third-order valence-corrected chi connectivity index (χ3v) is 2.56. The molecule has 1 aromatic heterocycles. The lowest BCUT2D eigenvalue weighted by molar-refractivity contribution is 0.157. The number of anilines is 1. The van der Waals surface area contributed by atoms with Gasteiger partial charge in [-0.1, -0.05) is 25.4 Å². The summed E-state index contributed by atoms with van der Waals surface area (Å²) in [5.41, 5.74) is 0.164. The van der Waals surface area contributed by atoms with Crippen molar-refractivity contribution in [2.75, 3.05) is 25.6 Å². The van der Waals surface area contributed by atoms with Crippen molar-refractivity contribution in [2.24, 2.45) is 5.41 Å². The fraction of sp³-hybridized carbons (Fsp3) is 0.636. The highest BCUT2D eigenvalue weighted by Gasteiger charge is 2.17. The molecule has 90 valence electrons. The number of methoxy groups -OCH3 is 1. The van der Waals surface area contributed by atoms with Crippen LogP contribution in [0.3, 0.4) is 0 Å². The molecular weight excluding hydrogens is 226 g/mol. The van der Waals surface area contributed by atoms with E-state index in [1.165, 1.54) is 0 Å². The summed E-state index contributed by atoms with van der Waals surface area (Å²) in [5, 5.41) is 11.3. The van der Waals surface area contributed by atoms with E-state index in [4.69, 9.17) is 16.3 Å². The van der Waals surface area contributed by atoms with Crippen LogP contribution in [0.2, 0.25) is 5.15 Å². The fourth-order valence-corrected chi connectivity index (χ4v) is 1.31. The first-order valence-electron chi connectivity index (χ1n) is 5.25. The summed E-state index contributed by atoms with van der Waals surface area (Å²) in [5.74, 6) is 0.745. The predicted molar refractivity (Wildman–Crippen MR) is 65.8 cm³/mol. The Hall–Kier alpha value is -0.870. The Kier molecular flexibility index (Phi) is 4.96. The van der Waals surface area contributed by atoms with Gasteiger partial charge in [0.05, 0.1) is 0 Å². The van der Waals surface area contributed by atoms with Crippen molar-refractivity contribution in [1.29, 1.82) is 0 Å². The molecule has 4 nitrogen and oxygen atoms in total. The molecule has 0 aliphatic carbocycles. The van der Waals surface area contributed by atoms with Gasteiger partial charge >= 0.3 is 0 Å². The van der Waals surface area contributed by atoms with Crippen LogP contribution in [-0.4, -0.2) is 30.5 Å². The van der Waals surface area contributed by atoms with Gasteiger partial charge in [-0.05, 0) is 24.0 Å². The van der Waals surface area contributed by atoms with E-state index in [1.807, 2.05) is 6.07 Å². The molecule has 0 radical (unpaired) electrons. The molecule has 0 fully saturated rings. The average molecular weight is 244 g/mol. The Balaban J connectivity index is 2.41. The number of aromatic nitrogens is 2. The van der Waals surface area contributed by atoms with Gasteiger partial charge in [0.1, 0.15) is 5.82 Å². The molecule has 5 heteroatoms. The normalized spacial score (nSPS) is 11.5. The summed E-state index contributed by atoms with van der Waals surface area (Å²) in [7, 11) is 1.72. The van der Waals surface area contributed by atoms with Gasteiger partial charge in [-0.2, -0.15) is 0 Å². The zero-order valence-electron chi connectivity index (χ0n) is 9.96. The molecule has 0 atom stereocenters. The van der Waals surface area contributed by atoms with Crippen LogP contribution < -0.4 is 5.32 Å². The quantitative estimate of drug-likeness (QED) is 0.834. The lowest BCUT2D eigenvalue weighted by atomic mass is 9.90. The SMILES string of the molecule is COCCC(C)(C)CNc1ccc(Cl)nn1. The maximum Gasteiger partial charge on any atom is 0.151 e. The van der Waals surface area contributed by atoms with Gasteiger partial charge in [0.15, 0.2) is 5.15 Å². The highest BCUT2D eigenvalue weighted by atomic mass is 35.5. The zero-order valence-corrected chi connectivity index (χ0v) is 10.7. The molecular formula is C11H18ClN3O. The maximum absolute atomic E-state index is 5.65.